The first-order valence-corrected chi connectivity index (χ1v) is 8.22. The standard InChI is InChI=1S/C19H17N5O/c25-19-16-9-4-5-10-17(16)21-22-24(19)13-6-12-23-14-11-20-18(23)15-7-2-1-3-8-15/h1-5,7-11,14H,6,12-13H2. The summed E-state index contributed by atoms with van der Waals surface area (Å²) in [4.78, 5) is 16.9. The Morgan fingerprint density at radius 2 is 1.72 bits per heavy atom. The van der Waals surface area contributed by atoms with Crippen molar-refractivity contribution in [2.45, 2.75) is 19.5 Å². The minimum Gasteiger partial charge on any atom is -0.331 e. The molecule has 6 nitrogen and oxygen atoms in total. The molecule has 0 N–H and O–H groups in total. The second kappa shape index (κ2) is 6.68. The molecule has 124 valence electrons. The molecule has 0 saturated heterocycles. The molecule has 0 atom stereocenters. The van der Waals surface area contributed by atoms with Gasteiger partial charge in [-0.25, -0.2) is 9.67 Å². The van der Waals surface area contributed by atoms with Gasteiger partial charge < -0.3 is 4.57 Å². The molecule has 2 aromatic carbocycles. The maximum atomic E-state index is 12.5. The molecule has 2 aromatic heterocycles. The summed E-state index contributed by atoms with van der Waals surface area (Å²) in [5.74, 6) is 0.928. The average molecular weight is 331 g/mol. The van der Waals surface area contributed by atoms with Crippen LogP contribution in [0.25, 0.3) is 22.3 Å². The minimum absolute atomic E-state index is 0.0977. The van der Waals surface area contributed by atoms with Crippen LogP contribution in [-0.4, -0.2) is 24.5 Å². The second-order valence-electron chi connectivity index (χ2n) is 5.80. The Morgan fingerprint density at radius 3 is 2.60 bits per heavy atom. The van der Waals surface area contributed by atoms with Crippen LogP contribution in [0.4, 0.5) is 0 Å². The van der Waals surface area contributed by atoms with Crippen LogP contribution in [0.2, 0.25) is 0 Å². The number of aryl methyl sites for hydroxylation is 2. The highest BCUT2D eigenvalue weighted by Gasteiger charge is 2.07. The Hall–Kier alpha value is -3.28. The lowest BCUT2D eigenvalue weighted by Crippen LogP contribution is -2.24. The van der Waals surface area contributed by atoms with E-state index in [0.29, 0.717) is 17.4 Å². The molecule has 2 heterocycles. The summed E-state index contributed by atoms with van der Waals surface area (Å²) in [6.45, 7) is 1.27. The lowest BCUT2D eigenvalue weighted by molar-refractivity contribution is 0.492. The van der Waals surface area contributed by atoms with E-state index in [-0.39, 0.29) is 5.56 Å². The zero-order valence-electron chi connectivity index (χ0n) is 13.6. The van der Waals surface area contributed by atoms with Crippen LogP contribution in [0.1, 0.15) is 6.42 Å². The maximum Gasteiger partial charge on any atom is 0.277 e. The number of benzene rings is 2. The molecular weight excluding hydrogens is 314 g/mol. The largest absolute Gasteiger partial charge is 0.331 e. The fourth-order valence-corrected chi connectivity index (χ4v) is 2.90. The maximum absolute atomic E-state index is 12.5. The summed E-state index contributed by atoms with van der Waals surface area (Å²) < 4.78 is 3.52. The summed E-state index contributed by atoms with van der Waals surface area (Å²) in [5, 5.41) is 8.75. The average Bonchev–Trinajstić information content (AvgIpc) is 3.13. The van der Waals surface area contributed by atoms with Gasteiger partial charge in [-0.1, -0.05) is 47.7 Å². The van der Waals surface area contributed by atoms with Gasteiger partial charge in [-0.3, -0.25) is 4.79 Å². The normalized spacial score (nSPS) is 11.0. The predicted molar refractivity (Wildman–Crippen MR) is 96.1 cm³/mol. The number of fused-ring (bicyclic) bond motifs is 1. The summed E-state index contributed by atoms with van der Waals surface area (Å²) in [5.41, 5.74) is 1.61. The van der Waals surface area contributed by atoms with Crippen molar-refractivity contribution >= 4 is 10.9 Å². The van der Waals surface area contributed by atoms with E-state index >= 15 is 0 Å². The van der Waals surface area contributed by atoms with E-state index in [2.05, 4.69) is 19.9 Å². The van der Waals surface area contributed by atoms with Gasteiger partial charge in [0, 0.05) is 31.0 Å². The van der Waals surface area contributed by atoms with Crippen LogP contribution >= 0.6 is 0 Å². The smallest absolute Gasteiger partial charge is 0.277 e. The molecule has 0 bridgehead atoms. The van der Waals surface area contributed by atoms with Gasteiger partial charge in [0.25, 0.3) is 5.56 Å². The van der Waals surface area contributed by atoms with E-state index in [9.17, 15) is 4.79 Å². The Labute approximate surface area is 144 Å². The summed E-state index contributed by atoms with van der Waals surface area (Å²) in [6.07, 6.45) is 4.52. The van der Waals surface area contributed by atoms with Gasteiger partial charge in [0.15, 0.2) is 0 Å². The Morgan fingerprint density at radius 1 is 0.920 bits per heavy atom. The third-order valence-electron chi connectivity index (χ3n) is 4.15. The second-order valence-corrected chi connectivity index (χ2v) is 5.80. The highest BCUT2D eigenvalue weighted by atomic mass is 16.1. The third kappa shape index (κ3) is 3.06. The SMILES string of the molecule is O=c1c2ccccc2nnn1CCCn1ccnc1-c1ccccc1. The van der Waals surface area contributed by atoms with E-state index in [1.54, 1.807) is 18.3 Å². The summed E-state index contributed by atoms with van der Waals surface area (Å²) >= 11 is 0. The van der Waals surface area contributed by atoms with Gasteiger partial charge >= 0.3 is 0 Å². The number of aromatic nitrogens is 5. The van der Waals surface area contributed by atoms with Gasteiger partial charge in [-0.15, -0.1) is 5.10 Å². The predicted octanol–water partition coefficient (Wildman–Crippen LogP) is 2.75. The molecule has 4 rings (SSSR count). The first-order chi connectivity index (χ1) is 12.3. The number of hydrogen-bond acceptors (Lipinski definition) is 4. The quantitative estimate of drug-likeness (QED) is 0.564. The zero-order chi connectivity index (χ0) is 17.1. The van der Waals surface area contributed by atoms with Gasteiger partial charge in [-0.2, -0.15) is 0 Å². The number of hydrogen-bond donors (Lipinski definition) is 0. The van der Waals surface area contributed by atoms with Crippen LogP contribution in [0.5, 0.6) is 0 Å². The molecule has 0 aliphatic rings. The zero-order valence-corrected chi connectivity index (χ0v) is 13.6. The van der Waals surface area contributed by atoms with E-state index in [0.717, 1.165) is 24.4 Å². The van der Waals surface area contributed by atoms with Gasteiger partial charge in [0.05, 0.1) is 5.39 Å². The van der Waals surface area contributed by atoms with E-state index in [1.807, 2.05) is 48.7 Å². The highest BCUT2D eigenvalue weighted by Crippen LogP contribution is 2.17. The molecule has 0 aliphatic heterocycles. The number of rotatable bonds is 5. The fraction of sp³-hybridized carbons (Fsp3) is 0.158. The molecule has 0 aliphatic carbocycles. The molecule has 0 fully saturated rings. The van der Waals surface area contributed by atoms with Crippen LogP contribution in [0.3, 0.4) is 0 Å². The Balaban J connectivity index is 1.50. The van der Waals surface area contributed by atoms with Gasteiger partial charge in [0.2, 0.25) is 0 Å². The van der Waals surface area contributed by atoms with Gasteiger partial charge in [0.1, 0.15) is 11.3 Å². The molecule has 0 spiro atoms. The number of imidazole rings is 1. The van der Waals surface area contributed by atoms with Crippen molar-refractivity contribution in [3.63, 3.8) is 0 Å². The van der Waals surface area contributed by atoms with E-state index in [4.69, 9.17) is 0 Å². The molecule has 0 unspecified atom stereocenters. The topological polar surface area (TPSA) is 65.6 Å². The Bertz CT molecular complexity index is 1050. The van der Waals surface area contributed by atoms with E-state index in [1.165, 1.54) is 4.68 Å². The van der Waals surface area contributed by atoms with Crippen LogP contribution < -0.4 is 5.56 Å². The van der Waals surface area contributed by atoms with Crippen molar-refractivity contribution in [3.8, 4) is 11.4 Å². The molecule has 25 heavy (non-hydrogen) atoms. The fourth-order valence-electron chi connectivity index (χ4n) is 2.90. The molecular formula is C19H17N5O. The van der Waals surface area contributed by atoms with Crippen LogP contribution in [-0.2, 0) is 13.1 Å². The molecule has 0 amide bonds. The lowest BCUT2D eigenvalue weighted by atomic mass is 10.2. The first-order valence-electron chi connectivity index (χ1n) is 8.22. The summed E-state index contributed by atoms with van der Waals surface area (Å²) in [7, 11) is 0. The van der Waals surface area contributed by atoms with Crippen molar-refractivity contribution in [2.24, 2.45) is 0 Å². The van der Waals surface area contributed by atoms with Crippen molar-refractivity contribution < 1.29 is 0 Å². The molecule has 4 aromatic rings. The molecule has 6 heteroatoms. The monoisotopic (exact) mass is 331 g/mol. The Kier molecular flexibility index (Phi) is 4.08. The third-order valence-corrected chi connectivity index (χ3v) is 4.15. The lowest BCUT2D eigenvalue weighted by Gasteiger charge is -2.09. The minimum atomic E-state index is -0.0977. The van der Waals surface area contributed by atoms with Crippen molar-refractivity contribution in [2.75, 3.05) is 0 Å². The van der Waals surface area contributed by atoms with Crippen molar-refractivity contribution in [3.05, 3.63) is 77.3 Å². The first kappa shape index (κ1) is 15.3. The highest BCUT2D eigenvalue weighted by molar-refractivity contribution is 5.76. The van der Waals surface area contributed by atoms with Crippen LogP contribution in [0.15, 0.2) is 71.8 Å². The van der Waals surface area contributed by atoms with Gasteiger partial charge in [-0.05, 0) is 18.6 Å². The van der Waals surface area contributed by atoms with Crippen molar-refractivity contribution in [1.82, 2.24) is 24.5 Å². The summed E-state index contributed by atoms with van der Waals surface area (Å²) in [6, 6.07) is 17.3. The van der Waals surface area contributed by atoms with Crippen molar-refractivity contribution in [1.29, 1.82) is 0 Å². The molecule has 0 saturated carbocycles. The number of nitrogens with zero attached hydrogens (tertiary/aromatic N) is 5. The van der Waals surface area contributed by atoms with E-state index < -0.39 is 0 Å². The van der Waals surface area contributed by atoms with Crippen LogP contribution in [0, 0.1) is 0 Å². The molecule has 0 radical (unpaired) electrons.